The van der Waals surface area contributed by atoms with E-state index in [-0.39, 0.29) is 0 Å². The number of ether oxygens (including phenoxy) is 2. The lowest BCUT2D eigenvalue weighted by Gasteiger charge is -2.36. The number of aromatic nitrogens is 2. The first-order valence-electron chi connectivity index (χ1n) is 8.09. The number of morpholine rings is 1. The first-order valence-corrected chi connectivity index (χ1v) is 8.09. The molecule has 2 aliphatic rings. The maximum absolute atomic E-state index is 5.86. The minimum Gasteiger partial charge on any atom is -0.494 e. The van der Waals surface area contributed by atoms with Gasteiger partial charge in [-0.2, -0.15) is 5.10 Å². The Kier molecular flexibility index (Phi) is 4.03. The minimum atomic E-state index is 0.311. The third kappa shape index (κ3) is 2.73. The molecule has 2 fully saturated rings. The van der Waals surface area contributed by atoms with E-state index in [0.29, 0.717) is 12.1 Å². The van der Waals surface area contributed by atoms with Crippen molar-refractivity contribution in [1.82, 2.24) is 20.0 Å². The first-order chi connectivity index (χ1) is 11.4. The number of benzene rings is 1. The van der Waals surface area contributed by atoms with Crippen molar-refractivity contribution >= 4 is 0 Å². The SMILES string of the molecule is COc1ccccc1-n1nccc1CN1CCO[C@@H]2CNC[C@@H]21. The highest BCUT2D eigenvalue weighted by atomic mass is 16.5. The van der Waals surface area contributed by atoms with Crippen LogP contribution in [0.15, 0.2) is 36.5 Å². The van der Waals surface area contributed by atoms with Crippen LogP contribution in [0.5, 0.6) is 5.75 Å². The predicted octanol–water partition coefficient (Wildman–Crippen LogP) is 1.05. The average molecular weight is 314 g/mol. The van der Waals surface area contributed by atoms with E-state index in [9.17, 15) is 0 Å². The van der Waals surface area contributed by atoms with Gasteiger partial charge in [-0.3, -0.25) is 4.90 Å². The molecule has 2 atom stereocenters. The van der Waals surface area contributed by atoms with Crippen LogP contribution in [0.1, 0.15) is 5.69 Å². The van der Waals surface area contributed by atoms with Crippen LogP contribution in [-0.2, 0) is 11.3 Å². The van der Waals surface area contributed by atoms with E-state index in [0.717, 1.165) is 44.2 Å². The molecule has 1 aromatic heterocycles. The summed E-state index contributed by atoms with van der Waals surface area (Å²) in [4.78, 5) is 2.50. The molecule has 23 heavy (non-hydrogen) atoms. The van der Waals surface area contributed by atoms with Crippen molar-refractivity contribution < 1.29 is 9.47 Å². The first kappa shape index (κ1) is 14.7. The Morgan fingerprint density at radius 3 is 3.13 bits per heavy atom. The van der Waals surface area contributed by atoms with Crippen LogP contribution in [-0.4, -0.2) is 60.2 Å². The van der Waals surface area contributed by atoms with Gasteiger partial charge in [0, 0.05) is 32.4 Å². The minimum absolute atomic E-state index is 0.311. The maximum atomic E-state index is 5.86. The van der Waals surface area contributed by atoms with Crippen molar-refractivity contribution in [2.75, 3.05) is 33.4 Å². The van der Waals surface area contributed by atoms with Gasteiger partial charge in [-0.25, -0.2) is 4.68 Å². The van der Waals surface area contributed by atoms with E-state index < -0.39 is 0 Å². The maximum Gasteiger partial charge on any atom is 0.144 e. The molecule has 4 rings (SSSR count). The molecule has 0 saturated carbocycles. The van der Waals surface area contributed by atoms with E-state index in [2.05, 4.69) is 21.4 Å². The van der Waals surface area contributed by atoms with Crippen LogP contribution in [0.3, 0.4) is 0 Å². The lowest BCUT2D eigenvalue weighted by Crippen LogP contribution is -2.50. The number of rotatable bonds is 4. The average Bonchev–Trinajstić information content (AvgIpc) is 3.24. The Bertz CT molecular complexity index is 672. The van der Waals surface area contributed by atoms with Crippen molar-refractivity contribution in [2.45, 2.75) is 18.7 Å². The molecule has 0 bridgehead atoms. The zero-order valence-electron chi connectivity index (χ0n) is 13.3. The number of hydrogen-bond donors (Lipinski definition) is 1. The molecule has 2 aliphatic heterocycles. The molecule has 2 saturated heterocycles. The molecule has 0 amide bonds. The van der Waals surface area contributed by atoms with Gasteiger partial charge in [0.1, 0.15) is 11.4 Å². The molecular formula is C17H22N4O2. The largest absolute Gasteiger partial charge is 0.494 e. The number of methoxy groups -OCH3 is 1. The summed E-state index contributed by atoms with van der Waals surface area (Å²) in [7, 11) is 1.69. The van der Waals surface area contributed by atoms with Gasteiger partial charge in [-0.1, -0.05) is 12.1 Å². The van der Waals surface area contributed by atoms with Crippen LogP contribution < -0.4 is 10.1 Å². The van der Waals surface area contributed by atoms with E-state index in [1.165, 1.54) is 5.69 Å². The molecule has 1 aromatic carbocycles. The van der Waals surface area contributed by atoms with Gasteiger partial charge in [0.2, 0.25) is 0 Å². The molecule has 3 heterocycles. The summed E-state index contributed by atoms with van der Waals surface area (Å²) in [6.07, 6.45) is 2.17. The zero-order chi connectivity index (χ0) is 15.6. The summed E-state index contributed by atoms with van der Waals surface area (Å²) in [5.74, 6) is 0.833. The normalized spacial score (nSPS) is 24.6. The van der Waals surface area contributed by atoms with E-state index in [1.807, 2.05) is 35.1 Å². The number of nitrogens with zero attached hydrogens (tertiary/aromatic N) is 3. The molecular weight excluding hydrogens is 292 g/mol. The molecule has 1 N–H and O–H groups in total. The summed E-state index contributed by atoms with van der Waals surface area (Å²) in [5, 5.41) is 7.94. The molecule has 0 radical (unpaired) electrons. The van der Waals surface area contributed by atoms with Crippen LogP contribution in [0.2, 0.25) is 0 Å². The third-order valence-corrected chi connectivity index (χ3v) is 4.71. The standard InChI is InChI=1S/C17H22N4O2/c1-22-16-5-3-2-4-14(16)21-13(6-7-19-21)12-20-8-9-23-17-11-18-10-15(17)20/h2-7,15,17-18H,8-12H2,1H3/t15-,17+/m0/s1. The summed E-state index contributed by atoms with van der Waals surface area (Å²) < 4.78 is 13.3. The molecule has 6 heteroatoms. The highest BCUT2D eigenvalue weighted by molar-refractivity contribution is 5.46. The van der Waals surface area contributed by atoms with Gasteiger partial charge in [0.25, 0.3) is 0 Å². The Morgan fingerprint density at radius 2 is 2.22 bits per heavy atom. The fraction of sp³-hybridized carbons (Fsp3) is 0.471. The molecule has 0 spiro atoms. The second kappa shape index (κ2) is 6.31. The molecule has 6 nitrogen and oxygen atoms in total. The van der Waals surface area contributed by atoms with Gasteiger partial charge in [-0.05, 0) is 18.2 Å². The Hall–Kier alpha value is -1.89. The third-order valence-electron chi connectivity index (χ3n) is 4.71. The van der Waals surface area contributed by atoms with Crippen molar-refractivity contribution in [2.24, 2.45) is 0 Å². The van der Waals surface area contributed by atoms with Crippen molar-refractivity contribution in [1.29, 1.82) is 0 Å². The Balaban J connectivity index is 1.60. The molecule has 122 valence electrons. The fourth-order valence-corrected chi connectivity index (χ4v) is 3.54. The van der Waals surface area contributed by atoms with Gasteiger partial charge in [0.15, 0.2) is 0 Å². The van der Waals surface area contributed by atoms with Gasteiger partial charge in [0.05, 0.1) is 31.6 Å². The van der Waals surface area contributed by atoms with Gasteiger partial charge in [-0.15, -0.1) is 0 Å². The van der Waals surface area contributed by atoms with Crippen LogP contribution >= 0.6 is 0 Å². The topological polar surface area (TPSA) is 51.5 Å². The van der Waals surface area contributed by atoms with Gasteiger partial charge >= 0.3 is 0 Å². The smallest absolute Gasteiger partial charge is 0.144 e. The predicted molar refractivity (Wildman–Crippen MR) is 86.9 cm³/mol. The summed E-state index contributed by atoms with van der Waals surface area (Å²) in [5.41, 5.74) is 2.14. The molecule has 2 aromatic rings. The number of para-hydroxylation sites is 2. The van der Waals surface area contributed by atoms with Crippen molar-refractivity contribution in [3.05, 3.63) is 42.2 Å². The highest BCUT2D eigenvalue weighted by Crippen LogP contribution is 2.25. The van der Waals surface area contributed by atoms with Crippen molar-refractivity contribution in [3.63, 3.8) is 0 Å². The second-order valence-electron chi connectivity index (χ2n) is 6.01. The second-order valence-corrected chi connectivity index (χ2v) is 6.01. The summed E-state index contributed by atoms with van der Waals surface area (Å²) in [6.45, 7) is 4.57. The number of fused-ring (bicyclic) bond motifs is 1. The summed E-state index contributed by atoms with van der Waals surface area (Å²) in [6, 6.07) is 10.5. The molecule has 0 aliphatic carbocycles. The Morgan fingerprint density at radius 1 is 1.30 bits per heavy atom. The quantitative estimate of drug-likeness (QED) is 0.914. The Labute approximate surface area is 136 Å². The van der Waals surface area contributed by atoms with Gasteiger partial charge < -0.3 is 14.8 Å². The number of hydrogen-bond acceptors (Lipinski definition) is 5. The van der Waals surface area contributed by atoms with Crippen LogP contribution in [0.4, 0.5) is 0 Å². The molecule has 0 unspecified atom stereocenters. The van der Waals surface area contributed by atoms with Crippen LogP contribution in [0.25, 0.3) is 5.69 Å². The lowest BCUT2D eigenvalue weighted by molar-refractivity contribution is -0.0506. The fourth-order valence-electron chi connectivity index (χ4n) is 3.54. The van der Waals surface area contributed by atoms with E-state index >= 15 is 0 Å². The van der Waals surface area contributed by atoms with Crippen molar-refractivity contribution in [3.8, 4) is 11.4 Å². The monoisotopic (exact) mass is 314 g/mol. The highest BCUT2D eigenvalue weighted by Gasteiger charge is 2.36. The lowest BCUT2D eigenvalue weighted by atomic mass is 10.1. The van der Waals surface area contributed by atoms with Crippen LogP contribution in [0, 0.1) is 0 Å². The van der Waals surface area contributed by atoms with E-state index in [1.54, 1.807) is 7.11 Å². The summed E-state index contributed by atoms with van der Waals surface area (Å²) >= 11 is 0. The van der Waals surface area contributed by atoms with E-state index in [4.69, 9.17) is 9.47 Å². The number of nitrogens with one attached hydrogen (secondary N) is 1. The zero-order valence-corrected chi connectivity index (χ0v) is 13.3.